The van der Waals surface area contributed by atoms with Crippen molar-refractivity contribution in [3.8, 4) is 5.75 Å². The van der Waals surface area contributed by atoms with E-state index in [0.717, 1.165) is 6.07 Å². The summed E-state index contributed by atoms with van der Waals surface area (Å²) in [6.45, 7) is 4.76. The second-order valence-corrected chi connectivity index (χ2v) is 8.85. The molecule has 184 valence electrons. The number of hydrogen-bond donors (Lipinski definition) is 0. The number of alkyl halides is 3. The summed E-state index contributed by atoms with van der Waals surface area (Å²) in [5.74, 6) is 0.485. The molecule has 6 nitrogen and oxygen atoms in total. The van der Waals surface area contributed by atoms with Crippen LogP contribution < -0.4 is 9.64 Å². The predicted octanol–water partition coefficient (Wildman–Crippen LogP) is 3.79. The molecular formula is C24H27ClF3N3O3. The number of morpholine rings is 1. The predicted molar refractivity (Wildman–Crippen MR) is 123 cm³/mol. The molecule has 0 spiro atoms. The quantitative estimate of drug-likeness (QED) is 0.608. The molecule has 2 aromatic rings. The van der Waals surface area contributed by atoms with Crippen LogP contribution >= 0.6 is 11.6 Å². The van der Waals surface area contributed by atoms with Crippen LogP contribution in [0.3, 0.4) is 0 Å². The van der Waals surface area contributed by atoms with Gasteiger partial charge in [-0.1, -0.05) is 17.7 Å². The van der Waals surface area contributed by atoms with Gasteiger partial charge in [-0.15, -0.1) is 0 Å². The third-order valence-electron chi connectivity index (χ3n) is 6.04. The Labute approximate surface area is 201 Å². The van der Waals surface area contributed by atoms with E-state index in [4.69, 9.17) is 21.1 Å². The first-order valence-corrected chi connectivity index (χ1v) is 11.6. The third kappa shape index (κ3) is 6.55. The highest BCUT2D eigenvalue weighted by Gasteiger charge is 2.31. The molecule has 2 aliphatic rings. The number of amides is 1. The Morgan fingerprint density at radius 1 is 1.06 bits per heavy atom. The number of rotatable bonds is 6. The molecule has 1 amide bonds. The zero-order valence-electron chi connectivity index (χ0n) is 18.6. The molecular weight excluding hydrogens is 471 g/mol. The molecule has 0 N–H and O–H groups in total. The number of hydrogen-bond acceptors (Lipinski definition) is 5. The lowest BCUT2D eigenvalue weighted by Crippen LogP contribution is -2.54. The van der Waals surface area contributed by atoms with E-state index in [2.05, 4.69) is 4.90 Å². The van der Waals surface area contributed by atoms with E-state index in [9.17, 15) is 18.0 Å². The highest BCUT2D eigenvalue weighted by molar-refractivity contribution is 6.30. The molecule has 34 heavy (non-hydrogen) atoms. The Hall–Kier alpha value is -2.49. The second kappa shape index (κ2) is 10.8. The van der Waals surface area contributed by atoms with Gasteiger partial charge < -0.3 is 19.3 Å². The van der Waals surface area contributed by atoms with Crippen molar-refractivity contribution in [1.29, 1.82) is 0 Å². The molecule has 4 rings (SSSR count). The average Bonchev–Trinajstić information content (AvgIpc) is 2.84. The first kappa shape index (κ1) is 24.6. The number of anilines is 1. The lowest BCUT2D eigenvalue weighted by Gasteiger charge is -2.40. The van der Waals surface area contributed by atoms with Gasteiger partial charge in [0, 0.05) is 56.5 Å². The molecule has 2 heterocycles. The van der Waals surface area contributed by atoms with E-state index in [1.807, 2.05) is 4.90 Å². The van der Waals surface area contributed by atoms with E-state index in [-0.39, 0.29) is 18.6 Å². The molecule has 2 fully saturated rings. The van der Waals surface area contributed by atoms with Gasteiger partial charge in [0.25, 0.3) is 5.91 Å². The van der Waals surface area contributed by atoms with Crippen LogP contribution in [0, 0.1) is 0 Å². The zero-order valence-corrected chi connectivity index (χ0v) is 19.4. The first-order valence-electron chi connectivity index (χ1n) is 11.2. The summed E-state index contributed by atoms with van der Waals surface area (Å²) in [5.41, 5.74) is -0.0475. The average molecular weight is 498 g/mol. The number of ether oxygens (including phenoxy) is 2. The Morgan fingerprint density at radius 2 is 1.79 bits per heavy atom. The van der Waals surface area contributed by atoms with Gasteiger partial charge in [0.1, 0.15) is 5.75 Å². The lowest BCUT2D eigenvalue weighted by molar-refractivity contribution is -0.141. The van der Waals surface area contributed by atoms with Crippen molar-refractivity contribution in [2.75, 3.05) is 63.9 Å². The van der Waals surface area contributed by atoms with Crippen molar-refractivity contribution in [2.24, 2.45) is 0 Å². The summed E-state index contributed by atoms with van der Waals surface area (Å²) >= 11 is 5.86. The highest BCUT2D eigenvalue weighted by atomic mass is 35.5. The van der Waals surface area contributed by atoms with Crippen LogP contribution in [0.15, 0.2) is 48.5 Å². The van der Waals surface area contributed by atoms with Crippen LogP contribution in [-0.2, 0) is 15.7 Å². The molecule has 0 aliphatic carbocycles. The maximum absolute atomic E-state index is 13.0. The van der Waals surface area contributed by atoms with Gasteiger partial charge >= 0.3 is 6.18 Å². The van der Waals surface area contributed by atoms with Crippen LogP contribution in [0.4, 0.5) is 18.9 Å². The van der Waals surface area contributed by atoms with Crippen molar-refractivity contribution in [3.63, 3.8) is 0 Å². The lowest BCUT2D eigenvalue weighted by atomic mass is 10.1. The molecule has 2 aromatic carbocycles. The number of benzene rings is 2. The Balaban J connectivity index is 1.23. The maximum Gasteiger partial charge on any atom is 0.416 e. The van der Waals surface area contributed by atoms with E-state index >= 15 is 0 Å². The summed E-state index contributed by atoms with van der Waals surface area (Å²) < 4.78 is 50.5. The minimum atomic E-state index is -4.35. The van der Waals surface area contributed by atoms with Crippen LogP contribution in [0.1, 0.15) is 5.56 Å². The highest BCUT2D eigenvalue weighted by Crippen LogP contribution is 2.32. The Morgan fingerprint density at radius 3 is 2.50 bits per heavy atom. The molecule has 0 unspecified atom stereocenters. The van der Waals surface area contributed by atoms with Crippen molar-refractivity contribution in [3.05, 3.63) is 59.1 Å². The molecule has 1 atom stereocenters. The van der Waals surface area contributed by atoms with Gasteiger partial charge in [0.05, 0.1) is 18.3 Å². The summed E-state index contributed by atoms with van der Waals surface area (Å²) in [6.07, 6.45) is -4.47. The largest absolute Gasteiger partial charge is 0.484 e. The topological polar surface area (TPSA) is 45.2 Å². The fourth-order valence-electron chi connectivity index (χ4n) is 4.18. The first-order chi connectivity index (χ1) is 16.3. The molecule has 2 aliphatic heterocycles. The van der Waals surface area contributed by atoms with Crippen LogP contribution in [0.25, 0.3) is 0 Å². The standard InChI is InChI=1S/C24H27ClF3N3O3/c25-19-4-6-21(7-5-19)34-17-23(32)31-12-13-33-22(16-31)15-29-8-10-30(11-9-29)20-3-1-2-18(14-20)24(26,27)28/h1-7,14,22H,8-13,15-17H2/t22-/m1/s1. The monoisotopic (exact) mass is 497 g/mol. The molecule has 0 radical (unpaired) electrons. The maximum atomic E-state index is 13.0. The van der Waals surface area contributed by atoms with Crippen LogP contribution in [0.2, 0.25) is 5.02 Å². The van der Waals surface area contributed by atoms with Gasteiger partial charge in [-0.25, -0.2) is 0 Å². The molecule has 2 saturated heterocycles. The van der Waals surface area contributed by atoms with E-state index in [0.29, 0.717) is 68.9 Å². The number of halogens is 4. The normalized spacial score (nSPS) is 19.8. The SMILES string of the molecule is O=C(COc1ccc(Cl)cc1)N1CCO[C@H](CN2CCN(c3cccc(C(F)(F)F)c3)CC2)C1. The number of carbonyl (C=O) groups excluding carboxylic acids is 1. The molecule has 0 aromatic heterocycles. The third-order valence-corrected chi connectivity index (χ3v) is 6.29. The van der Waals surface area contributed by atoms with Gasteiger partial charge in [0.15, 0.2) is 6.61 Å². The van der Waals surface area contributed by atoms with Crippen molar-refractivity contribution in [1.82, 2.24) is 9.80 Å². The van der Waals surface area contributed by atoms with Crippen molar-refractivity contribution < 1.29 is 27.4 Å². The zero-order chi connectivity index (χ0) is 24.1. The summed E-state index contributed by atoms with van der Waals surface area (Å²) in [6, 6.07) is 12.3. The minimum absolute atomic E-state index is 0.0516. The van der Waals surface area contributed by atoms with Crippen molar-refractivity contribution >= 4 is 23.2 Å². The molecule has 0 saturated carbocycles. The fourth-order valence-corrected chi connectivity index (χ4v) is 4.31. The van der Waals surface area contributed by atoms with Gasteiger partial charge in [-0.3, -0.25) is 9.69 Å². The second-order valence-electron chi connectivity index (χ2n) is 8.41. The van der Waals surface area contributed by atoms with Gasteiger partial charge in [-0.2, -0.15) is 13.2 Å². The number of piperazine rings is 1. The minimum Gasteiger partial charge on any atom is -0.484 e. The van der Waals surface area contributed by atoms with E-state index < -0.39 is 11.7 Å². The fraction of sp³-hybridized carbons (Fsp3) is 0.458. The number of nitrogens with zero attached hydrogens (tertiary/aromatic N) is 3. The summed E-state index contributed by atoms with van der Waals surface area (Å²) in [7, 11) is 0. The van der Waals surface area contributed by atoms with Crippen LogP contribution in [-0.4, -0.2) is 80.8 Å². The van der Waals surface area contributed by atoms with E-state index in [1.54, 1.807) is 35.2 Å². The van der Waals surface area contributed by atoms with Gasteiger partial charge in [0.2, 0.25) is 0 Å². The summed E-state index contributed by atoms with van der Waals surface area (Å²) in [5, 5.41) is 0.602. The van der Waals surface area contributed by atoms with Crippen molar-refractivity contribution in [2.45, 2.75) is 12.3 Å². The smallest absolute Gasteiger partial charge is 0.416 e. The molecule has 10 heteroatoms. The van der Waals surface area contributed by atoms with Gasteiger partial charge in [-0.05, 0) is 42.5 Å². The van der Waals surface area contributed by atoms with Crippen LogP contribution in [0.5, 0.6) is 5.75 Å². The summed E-state index contributed by atoms with van der Waals surface area (Å²) in [4.78, 5) is 18.5. The number of carbonyl (C=O) groups is 1. The molecule has 0 bridgehead atoms. The Bertz CT molecular complexity index is 966. The Kier molecular flexibility index (Phi) is 7.85. The van der Waals surface area contributed by atoms with E-state index in [1.165, 1.54) is 12.1 Å².